The van der Waals surface area contributed by atoms with Gasteiger partial charge in [-0.15, -0.1) is 0 Å². The molecule has 0 fully saturated rings. The SMILES string of the molecule is CCOC(=O)/C(Cn1c(=O)[nH]/c(=N\c2ccc(OC(C)C)c(F)c2)n(Cc2ccc(Cl)cc2)c1=O)=N/OC. The van der Waals surface area contributed by atoms with Crippen LogP contribution in [0.5, 0.6) is 5.75 Å². The average molecular weight is 548 g/mol. The molecule has 38 heavy (non-hydrogen) atoms. The first-order valence-electron chi connectivity index (χ1n) is 11.6. The molecule has 11 nitrogen and oxygen atoms in total. The summed E-state index contributed by atoms with van der Waals surface area (Å²) in [7, 11) is 1.21. The van der Waals surface area contributed by atoms with E-state index in [-0.39, 0.29) is 42.0 Å². The summed E-state index contributed by atoms with van der Waals surface area (Å²) in [6, 6.07) is 10.7. The first kappa shape index (κ1) is 28.4. The van der Waals surface area contributed by atoms with Gasteiger partial charge in [0.2, 0.25) is 5.62 Å². The minimum Gasteiger partial charge on any atom is -0.488 e. The second-order valence-electron chi connectivity index (χ2n) is 8.17. The number of nitrogens with one attached hydrogen (secondary N) is 1. The first-order valence-corrected chi connectivity index (χ1v) is 12.0. The van der Waals surface area contributed by atoms with Crippen LogP contribution in [-0.2, 0) is 27.5 Å². The average Bonchev–Trinajstić information content (AvgIpc) is 2.86. The second kappa shape index (κ2) is 12.9. The Kier molecular flexibility index (Phi) is 9.61. The molecule has 1 aromatic heterocycles. The molecule has 0 amide bonds. The lowest BCUT2D eigenvalue weighted by molar-refractivity contribution is -0.135. The summed E-state index contributed by atoms with van der Waals surface area (Å²) in [6.45, 7) is 4.63. The Morgan fingerprint density at radius 3 is 2.45 bits per heavy atom. The van der Waals surface area contributed by atoms with Gasteiger partial charge in [0.25, 0.3) is 0 Å². The fraction of sp³-hybridized carbons (Fsp3) is 0.320. The van der Waals surface area contributed by atoms with E-state index < -0.39 is 29.7 Å². The normalized spacial score (nSPS) is 12.1. The minimum atomic E-state index is -0.880. The van der Waals surface area contributed by atoms with Gasteiger partial charge in [-0.05, 0) is 50.6 Å². The molecule has 2 aromatic carbocycles. The van der Waals surface area contributed by atoms with Crippen molar-refractivity contribution in [2.75, 3.05) is 13.7 Å². The van der Waals surface area contributed by atoms with Crippen molar-refractivity contribution >= 4 is 29.0 Å². The van der Waals surface area contributed by atoms with E-state index in [1.807, 2.05) is 0 Å². The molecule has 1 N–H and O–H groups in total. The van der Waals surface area contributed by atoms with Gasteiger partial charge < -0.3 is 14.3 Å². The Labute approximate surface area is 221 Å². The molecule has 0 aliphatic rings. The number of oxime groups is 1. The predicted octanol–water partition coefficient (Wildman–Crippen LogP) is 2.76. The maximum absolute atomic E-state index is 14.6. The highest BCUT2D eigenvalue weighted by Gasteiger charge is 2.19. The molecule has 0 atom stereocenters. The predicted molar refractivity (Wildman–Crippen MR) is 138 cm³/mol. The number of H-pyrrole nitrogens is 1. The summed E-state index contributed by atoms with van der Waals surface area (Å²) in [4.78, 5) is 50.2. The largest absolute Gasteiger partial charge is 0.488 e. The van der Waals surface area contributed by atoms with E-state index in [0.29, 0.717) is 10.6 Å². The summed E-state index contributed by atoms with van der Waals surface area (Å²) in [5, 5.41) is 4.10. The van der Waals surface area contributed by atoms with Gasteiger partial charge in [-0.2, -0.15) is 0 Å². The molecule has 0 radical (unpaired) electrons. The van der Waals surface area contributed by atoms with Gasteiger partial charge in [-0.25, -0.2) is 28.3 Å². The van der Waals surface area contributed by atoms with E-state index in [1.165, 1.54) is 19.2 Å². The van der Waals surface area contributed by atoms with E-state index in [2.05, 4.69) is 20.0 Å². The van der Waals surface area contributed by atoms with Crippen LogP contribution in [0.25, 0.3) is 0 Å². The number of benzene rings is 2. The molecule has 0 bridgehead atoms. The van der Waals surface area contributed by atoms with Crippen LogP contribution in [0.4, 0.5) is 10.1 Å². The molecule has 0 saturated carbocycles. The molecule has 3 rings (SSSR count). The Morgan fingerprint density at radius 2 is 1.84 bits per heavy atom. The maximum atomic E-state index is 14.6. The quantitative estimate of drug-likeness (QED) is 0.236. The highest BCUT2D eigenvalue weighted by atomic mass is 35.5. The van der Waals surface area contributed by atoms with Crippen molar-refractivity contribution in [2.45, 2.75) is 40.0 Å². The van der Waals surface area contributed by atoms with Crippen molar-refractivity contribution in [1.82, 2.24) is 14.1 Å². The first-order chi connectivity index (χ1) is 18.1. The lowest BCUT2D eigenvalue weighted by Gasteiger charge is -2.12. The smallest absolute Gasteiger partial charge is 0.358 e. The van der Waals surface area contributed by atoms with Crippen LogP contribution in [0.1, 0.15) is 26.3 Å². The molecule has 3 aromatic rings. The molecule has 0 aliphatic heterocycles. The number of nitrogens with zero attached hydrogens (tertiary/aromatic N) is 4. The van der Waals surface area contributed by atoms with Crippen molar-refractivity contribution in [3.05, 3.63) is 85.5 Å². The van der Waals surface area contributed by atoms with Crippen molar-refractivity contribution in [2.24, 2.45) is 10.1 Å². The Balaban J connectivity index is 2.17. The fourth-order valence-electron chi connectivity index (χ4n) is 3.33. The Morgan fingerprint density at radius 1 is 1.13 bits per heavy atom. The molecule has 0 aliphatic carbocycles. The number of carbonyl (C=O) groups excluding carboxylic acids is 1. The Hall–Kier alpha value is -4.19. The molecule has 0 saturated heterocycles. The zero-order valence-corrected chi connectivity index (χ0v) is 22.0. The highest BCUT2D eigenvalue weighted by molar-refractivity contribution is 6.36. The van der Waals surface area contributed by atoms with Gasteiger partial charge >= 0.3 is 17.3 Å². The van der Waals surface area contributed by atoms with E-state index in [4.69, 9.17) is 21.1 Å². The summed E-state index contributed by atoms with van der Waals surface area (Å²) < 4.78 is 26.8. The van der Waals surface area contributed by atoms with Crippen LogP contribution in [0.15, 0.2) is 62.2 Å². The number of rotatable bonds is 10. The molecular formula is C25H27ClFN5O6. The summed E-state index contributed by atoms with van der Waals surface area (Å²) in [5.74, 6) is -1.46. The minimum absolute atomic E-state index is 0.0290. The molecule has 0 unspecified atom stereocenters. The van der Waals surface area contributed by atoms with Gasteiger partial charge in [0.15, 0.2) is 17.3 Å². The molecule has 202 valence electrons. The maximum Gasteiger partial charge on any atom is 0.358 e. The van der Waals surface area contributed by atoms with Crippen molar-refractivity contribution in [3.8, 4) is 5.75 Å². The highest BCUT2D eigenvalue weighted by Crippen LogP contribution is 2.23. The number of hydrogen-bond acceptors (Lipinski definition) is 8. The van der Waals surface area contributed by atoms with Crippen LogP contribution in [-0.4, -0.2) is 45.6 Å². The van der Waals surface area contributed by atoms with Gasteiger partial charge in [0, 0.05) is 11.1 Å². The summed E-state index contributed by atoms with van der Waals surface area (Å²) in [6.07, 6.45) is -0.237. The van der Waals surface area contributed by atoms with Crippen molar-refractivity contribution in [1.29, 1.82) is 0 Å². The lowest BCUT2D eigenvalue weighted by atomic mass is 10.2. The number of hydrogen-bond donors (Lipinski definition) is 1. The number of carbonyl (C=O) groups is 1. The molecule has 13 heteroatoms. The Bertz CT molecular complexity index is 1510. The van der Waals surface area contributed by atoms with Gasteiger partial charge in [-0.1, -0.05) is 28.9 Å². The standard InChI is InChI=1S/C25H27ClFN5O6/c1-5-37-22(33)20(30-36-4)14-32-24(34)29-23(28-18-10-11-21(19(27)12-18)38-15(2)3)31(25(32)35)13-16-6-8-17(26)9-7-16/h6-12,15H,5,13-14H2,1-4H3,(H,28,29,34)/b30-20+. The fourth-order valence-corrected chi connectivity index (χ4v) is 3.46. The van der Waals surface area contributed by atoms with Crippen LogP contribution in [0.3, 0.4) is 0 Å². The third-order valence-electron chi connectivity index (χ3n) is 4.97. The summed E-state index contributed by atoms with van der Waals surface area (Å²) >= 11 is 5.98. The molecule has 1 heterocycles. The third-order valence-corrected chi connectivity index (χ3v) is 5.22. The lowest BCUT2D eigenvalue weighted by Crippen LogP contribution is -2.51. The monoisotopic (exact) mass is 547 g/mol. The number of aromatic amines is 1. The van der Waals surface area contributed by atoms with Crippen LogP contribution < -0.4 is 21.7 Å². The number of halogens is 2. The van der Waals surface area contributed by atoms with Crippen LogP contribution >= 0.6 is 11.6 Å². The molecule has 0 spiro atoms. The number of esters is 1. The van der Waals surface area contributed by atoms with Crippen LogP contribution in [0, 0.1) is 5.82 Å². The van der Waals surface area contributed by atoms with Gasteiger partial charge in [0.1, 0.15) is 7.11 Å². The summed E-state index contributed by atoms with van der Waals surface area (Å²) in [5.41, 5.74) is -1.35. The zero-order chi connectivity index (χ0) is 27.8. The van der Waals surface area contributed by atoms with Crippen LogP contribution in [0.2, 0.25) is 5.02 Å². The number of aromatic nitrogens is 3. The second-order valence-corrected chi connectivity index (χ2v) is 8.61. The van der Waals surface area contributed by atoms with E-state index in [1.54, 1.807) is 45.0 Å². The number of ether oxygens (including phenoxy) is 2. The van der Waals surface area contributed by atoms with Crippen molar-refractivity contribution in [3.63, 3.8) is 0 Å². The van der Waals surface area contributed by atoms with Crippen molar-refractivity contribution < 1.29 is 23.5 Å². The van der Waals surface area contributed by atoms with E-state index in [9.17, 15) is 18.8 Å². The van der Waals surface area contributed by atoms with Gasteiger partial charge in [-0.3, -0.25) is 9.55 Å². The van der Waals surface area contributed by atoms with Gasteiger partial charge in [0.05, 0.1) is 31.5 Å². The zero-order valence-electron chi connectivity index (χ0n) is 21.2. The van der Waals surface area contributed by atoms with E-state index >= 15 is 0 Å². The van der Waals surface area contributed by atoms with E-state index in [0.717, 1.165) is 15.2 Å². The third kappa shape index (κ3) is 7.19. The topological polar surface area (TPSA) is 129 Å². The molecular weight excluding hydrogens is 521 g/mol.